The van der Waals surface area contributed by atoms with Crippen molar-refractivity contribution in [3.05, 3.63) is 5.89 Å². The zero-order valence-electron chi connectivity index (χ0n) is 10.9. The number of rotatable bonds is 2. The molecule has 0 aromatic carbocycles. The molecule has 2 aliphatic rings. The molecule has 0 bridgehead atoms. The summed E-state index contributed by atoms with van der Waals surface area (Å²) in [4.78, 5) is 18.4. The number of carbonyl (C=O) groups excluding carboxylic acids is 1. The first-order valence-corrected chi connectivity index (χ1v) is 6.42. The fourth-order valence-corrected chi connectivity index (χ4v) is 3.00. The van der Waals surface area contributed by atoms with E-state index >= 15 is 0 Å². The van der Waals surface area contributed by atoms with Crippen LogP contribution < -0.4 is 10.2 Å². The highest BCUT2D eigenvalue weighted by Gasteiger charge is 2.51. The van der Waals surface area contributed by atoms with Crippen molar-refractivity contribution in [1.82, 2.24) is 15.5 Å². The first-order valence-electron chi connectivity index (χ1n) is 6.42. The van der Waals surface area contributed by atoms with Crippen molar-refractivity contribution in [1.29, 1.82) is 0 Å². The van der Waals surface area contributed by atoms with Crippen molar-refractivity contribution in [3.63, 3.8) is 0 Å². The van der Waals surface area contributed by atoms with Crippen molar-refractivity contribution in [2.75, 3.05) is 11.9 Å². The Morgan fingerprint density at radius 3 is 2.83 bits per heavy atom. The van der Waals surface area contributed by atoms with Crippen LogP contribution in [0.25, 0.3) is 0 Å². The molecule has 1 aliphatic heterocycles. The van der Waals surface area contributed by atoms with Crippen LogP contribution in [0, 0.1) is 18.8 Å². The van der Waals surface area contributed by atoms with Gasteiger partial charge in [0.05, 0.1) is 6.04 Å². The van der Waals surface area contributed by atoms with E-state index in [0.717, 1.165) is 6.42 Å². The Balaban J connectivity index is 1.95. The molecule has 3 rings (SSSR count). The number of nitrogens with one attached hydrogen (secondary N) is 1. The minimum Gasteiger partial charge on any atom is -0.338 e. The third-order valence-electron chi connectivity index (χ3n) is 4.16. The van der Waals surface area contributed by atoms with Gasteiger partial charge in [-0.2, -0.15) is 4.98 Å². The molecule has 1 aliphatic carbocycles. The number of nitrogens with zero attached hydrogens (tertiary/aromatic N) is 3. The standard InChI is InChI=1S/C12H18N4O2/c1-6-9-4-8(9)5-10(13-3)11(17)16(6)12-14-7(2)18-15-12/h6,8-10,13H,4-5H2,1-3H3. The van der Waals surface area contributed by atoms with Crippen LogP contribution in [0.5, 0.6) is 0 Å². The van der Waals surface area contributed by atoms with Gasteiger partial charge in [0.15, 0.2) is 0 Å². The summed E-state index contributed by atoms with van der Waals surface area (Å²) < 4.78 is 5.00. The molecule has 1 amide bonds. The monoisotopic (exact) mass is 250 g/mol. The summed E-state index contributed by atoms with van der Waals surface area (Å²) in [6, 6.07) is 0.0154. The lowest BCUT2D eigenvalue weighted by Gasteiger charge is -2.27. The molecular formula is C12H18N4O2. The third kappa shape index (κ3) is 1.71. The Morgan fingerprint density at radius 1 is 1.44 bits per heavy atom. The summed E-state index contributed by atoms with van der Waals surface area (Å²) in [5.41, 5.74) is 0. The fourth-order valence-electron chi connectivity index (χ4n) is 3.00. The van der Waals surface area contributed by atoms with Crippen molar-refractivity contribution in [2.24, 2.45) is 11.8 Å². The van der Waals surface area contributed by atoms with Gasteiger partial charge in [0, 0.05) is 13.0 Å². The minimum absolute atomic E-state index is 0.0537. The molecule has 98 valence electrons. The van der Waals surface area contributed by atoms with Crippen molar-refractivity contribution >= 4 is 11.9 Å². The van der Waals surface area contributed by atoms with E-state index in [0.29, 0.717) is 23.7 Å². The quantitative estimate of drug-likeness (QED) is 0.837. The van der Waals surface area contributed by atoms with Gasteiger partial charge in [0.1, 0.15) is 0 Å². The molecule has 6 heteroatoms. The molecule has 2 fully saturated rings. The van der Waals surface area contributed by atoms with Gasteiger partial charge >= 0.3 is 0 Å². The molecule has 1 N–H and O–H groups in total. The van der Waals surface area contributed by atoms with Crippen LogP contribution in [-0.2, 0) is 4.79 Å². The fraction of sp³-hybridized carbons (Fsp3) is 0.750. The number of carbonyl (C=O) groups is 1. The number of fused-ring (bicyclic) bond motifs is 1. The third-order valence-corrected chi connectivity index (χ3v) is 4.16. The molecule has 1 saturated heterocycles. The average Bonchev–Trinajstić information content (AvgIpc) is 3.01. The van der Waals surface area contributed by atoms with E-state index < -0.39 is 0 Å². The SMILES string of the molecule is CNC1CC2CC2C(C)N(c2noc(C)n2)C1=O. The molecule has 0 radical (unpaired) electrons. The summed E-state index contributed by atoms with van der Waals surface area (Å²) in [5, 5.41) is 7.00. The molecule has 18 heavy (non-hydrogen) atoms. The van der Waals surface area contributed by atoms with E-state index in [2.05, 4.69) is 22.4 Å². The predicted molar refractivity (Wildman–Crippen MR) is 65.0 cm³/mol. The Kier molecular flexibility index (Phi) is 2.62. The van der Waals surface area contributed by atoms with Crippen LogP contribution in [0.1, 0.15) is 25.7 Å². The number of aromatic nitrogens is 2. The van der Waals surface area contributed by atoms with E-state index in [1.807, 2.05) is 7.05 Å². The zero-order valence-corrected chi connectivity index (χ0v) is 10.9. The van der Waals surface area contributed by atoms with E-state index in [4.69, 9.17) is 4.52 Å². The van der Waals surface area contributed by atoms with Gasteiger partial charge < -0.3 is 9.84 Å². The Hall–Kier alpha value is -1.43. The lowest BCUT2D eigenvalue weighted by Crippen LogP contribution is -2.48. The molecule has 4 atom stereocenters. The maximum Gasteiger partial charge on any atom is 0.273 e. The smallest absolute Gasteiger partial charge is 0.273 e. The number of hydrogen-bond donors (Lipinski definition) is 1. The molecule has 1 saturated carbocycles. The van der Waals surface area contributed by atoms with Gasteiger partial charge in [-0.05, 0) is 43.8 Å². The number of amides is 1. The predicted octanol–water partition coefficient (Wildman–Crippen LogP) is 0.727. The molecular weight excluding hydrogens is 232 g/mol. The Labute approximate surface area is 106 Å². The summed E-state index contributed by atoms with van der Waals surface area (Å²) in [6.45, 7) is 3.81. The number of aryl methyl sites for hydroxylation is 1. The molecule has 2 heterocycles. The van der Waals surface area contributed by atoms with E-state index in [-0.39, 0.29) is 18.0 Å². The maximum absolute atomic E-state index is 12.5. The van der Waals surface area contributed by atoms with Crippen molar-refractivity contribution < 1.29 is 9.32 Å². The van der Waals surface area contributed by atoms with Gasteiger partial charge in [-0.25, -0.2) is 0 Å². The Bertz CT molecular complexity index is 472. The second-order valence-corrected chi connectivity index (χ2v) is 5.30. The van der Waals surface area contributed by atoms with Gasteiger partial charge in [0.25, 0.3) is 5.95 Å². The highest BCUT2D eigenvalue weighted by atomic mass is 16.5. The molecule has 4 unspecified atom stereocenters. The van der Waals surface area contributed by atoms with Gasteiger partial charge in [-0.3, -0.25) is 9.69 Å². The molecule has 1 aromatic heterocycles. The van der Waals surface area contributed by atoms with E-state index in [1.165, 1.54) is 6.42 Å². The molecule has 6 nitrogen and oxygen atoms in total. The van der Waals surface area contributed by atoms with Crippen LogP contribution in [0.15, 0.2) is 4.52 Å². The number of hydrogen-bond acceptors (Lipinski definition) is 5. The van der Waals surface area contributed by atoms with Crippen molar-refractivity contribution in [3.8, 4) is 0 Å². The minimum atomic E-state index is -0.135. The lowest BCUT2D eigenvalue weighted by molar-refractivity contribution is -0.121. The summed E-state index contributed by atoms with van der Waals surface area (Å²) in [7, 11) is 1.83. The average molecular weight is 250 g/mol. The van der Waals surface area contributed by atoms with Crippen molar-refractivity contribution in [2.45, 2.75) is 38.8 Å². The maximum atomic E-state index is 12.5. The first kappa shape index (κ1) is 11.6. The second kappa shape index (κ2) is 4.05. The van der Waals surface area contributed by atoms with Gasteiger partial charge in [-0.15, -0.1) is 0 Å². The highest BCUT2D eigenvalue weighted by molar-refractivity contribution is 5.96. The van der Waals surface area contributed by atoms with Crippen LogP contribution in [0.4, 0.5) is 5.95 Å². The summed E-state index contributed by atoms with van der Waals surface area (Å²) in [5.74, 6) is 2.17. The molecule has 0 spiro atoms. The summed E-state index contributed by atoms with van der Waals surface area (Å²) in [6.07, 6.45) is 2.11. The lowest BCUT2D eigenvalue weighted by atomic mass is 10.1. The second-order valence-electron chi connectivity index (χ2n) is 5.30. The van der Waals surface area contributed by atoms with Gasteiger partial charge in [-0.1, -0.05) is 0 Å². The van der Waals surface area contributed by atoms with E-state index in [1.54, 1.807) is 11.8 Å². The highest BCUT2D eigenvalue weighted by Crippen LogP contribution is 2.48. The van der Waals surface area contributed by atoms with Crippen LogP contribution >= 0.6 is 0 Å². The van der Waals surface area contributed by atoms with Crippen LogP contribution in [0.2, 0.25) is 0 Å². The van der Waals surface area contributed by atoms with Crippen LogP contribution in [0.3, 0.4) is 0 Å². The van der Waals surface area contributed by atoms with E-state index in [9.17, 15) is 4.79 Å². The Morgan fingerprint density at radius 2 is 2.22 bits per heavy atom. The number of likely N-dealkylation sites (N-methyl/N-ethyl adjacent to an activating group) is 1. The number of anilines is 1. The van der Waals surface area contributed by atoms with Gasteiger partial charge in [0.2, 0.25) is 11.8 Å². The molecule has 1 aromatic rings. The topological polar surface area (TPSA) is 71.3 Å². The van der Waals surface area contributed by atoms with Crippen LogP contribution in [-0.4, -0.2) is 35.2 Å². The normalized spacial score (nSPS) is 35.3. The zero-order chi connectivity index (χ0) is 12.9. The largest absolute Gasteiger partial charge is 0.338 e. The summed E-state index contributed by atoms with van der Waals surface area (Å²) >= 11 is 0. The first-order chi connectivity index (χ1) is 8.61.